The van der Waals surface area contributed by atoms with Crippen LogP contribution in [-0.4, -0.2) is 31.9 Å². The Balaban J connectivity index is 4.54. The number of rotatable bonds is 6. The van der Waals surface area contributed by atoms with E-state index in [9.17, 15) is 14.4 Å². The van der Waals surface area contributed by atoms with Gasteiger partial charge < -0.3 is 9.47 Å². The highest BCUT2D eigenvalue weighted by atomic mass is 16.5. The second-order valence-electron chi connectivity index (χ2n) is 3.07. The number of carbonyl (C=O) groups excluding carboxylic acids is 3. The number of ketones is 1. The first kappa shape index (κ1) is 13.6. The zero-order valence-electron chi connectivity index (χ0n) is 9.24. The summed E-state index contributed by atoms with van der Waals surface area (Å²) in [4.78, 5) is 33.6. The van der Waals surface area contributed by atoms with E-state index < -0.39 is 23.6 Å². The summed E-state index contributed by atoms with van der Waals surface area (Å²) >= 11 is 0. The normalized spacial score (nSPS) is 11.7. The van der Waals surface area contributed by atoms with Crippen molar-refractivity contribution in [2.75, 3.05) is 14.2 Å². The minimum absolute atomic E-state index is 0.317. The van der Waals surface area contributed by atoms with Crippen molar-refractivity contribution >= 4 is 17.7 Å². The van der Waals surface area contributed by atoms with Gasteiger partial charge in [0.05, 0.1) is 14.2 Å². The minimum Gasteiger partial charge on any atom is -0.468 e. The molecule has 0 rings (SSSR count). The maximum atomic E-state index is 11.4. The lowest BCUT2D eigenvalue weighted by atomic mass is 9.97. The molecular weight excluding hydrogens is 200 g/mol. The molecule has 5 nitrogen and oxygen atoms in total. The van der Waals surface area contributed by atoms with Gasteiger partial charge in [0.15, 0.2) is 0 Å². The lowest BCUT2D eigenvalue weighted by Gasteiger charge is -2.11. The van der Waals surface area contributed by atoms with E-state index in [1.54, 1.807) is 0 Å². The Morgan fingerprint density at radius 1 is 1.13 bits per heavy atom. The van der Waals surface area contributed by atoms with Crippen LogP contribution in [0.5, 0.6) is 0 Å². The van der Waals surface area contributed by atoms with Crippen LogP contribution in [0.15, 0.2) is 0 Å². The third-order valence-electron chi connectivity index (χ3n) is 2.04. The zero-order chi connectivity index (χ0) is 11.8. The molecule has 15 heavy (non-hydrogen) atoms. The summed E-state index contributed by atoms with van der Waals surface area (Å²) in [5.41, 5.74) is 0. The van der Waals surface area contributed by atoms with Crippen LogP contribution in [0, 0.1) is 5.92 Å². The quantitative estimate of drug-likeness (QED) is 0.371. The number of Topliss-reactive ketones (excluding diaryl/α,β-unsaturated/α-hetero) is 1. The monoisotopic (exact) mass is 216 g/mol. The van der Waals surface area contributed by atoms with Gasteiger partial charge in [0.2, 0.25) is 0 Å². The fourth-order valence-electron chi connectivity index (χ4n) is 1.15. The highest BCUT2D eigenvalue weighted by molar-refractivity contribution is 6.37. The van der Waals surface area contributed by atoms with Crippen molar-refractivity contribution in [2.24, 2.45) is 5.92 Å². The first-order valence-corrected chi connectivity index (χ1v) is 4.78. The first-order chi connectivity index (χ1) is 7.08. The van der Waals surface area contributed by atoms with Crippen molar-refractivity contribution in [1.29, 1.82) is 0 Å². The molecule has 0 heterocycles. The molecule has 0 saturated carbocycles. The number of carbonyl (C=O) groups is 3. The minimum atomic E-state index is -1.03. The van der Waals surface area contributed by atoms with Gasteiger partial charge in [0.25, 0.3) is 5.78 Å². The van der Waals surface area contributed by atoms with E-state index in [4.69, 9.17) is 0 Å². The molecule has 0 fully saturated rings. The Kier molecular flexibility index (Phi) is 6.33. The molecule has 0 bridgehead atoms. The fraction of sp³-hybridized carbons (Fsp3) is 0.700. The summed E-state index contributed by atoms with van der Waals surface area (Å²) < 4.78 is 8.73. The molecule has 0 radical (unpaired) electrons. The molecule has 1 atom stereocenters. The van der Waals surface area contributed by atoms with Gasteiger partial charge in [-0.3, -0.25) is 9.59 Å². The number of unbranched alkanes of at least 4 members (excludes halogenated alkanes) is 1. The van der Waals surface area contributed by atoms with Crippen molar-refractivity contribution in [3.63, 3.8) is 0 Å². The second kappa shape index (κ2) is 6.98. The van der Waals surface area contributed by atoms with E-state index in [2.05, 4.69) is 9.47 Å². The molecule has 0 aliphatic heterocycles. The van der Waals surface area contributed by atoms with Crippen molar-refractivity contribution < 1.29 is 23.9 Å². The summed E-state index contributed by atoms with van der Waals surface area (Å²) in [6.07, 6.45) is 1.83. The zero-order valence-corrected chi connectivity index (χ0v) is 9.24. The molecule has 0 spiro atoms. The largest absolute Gasteiger partial charge is 0.468 e. The first-order valence-electron chi connectivity index (χ1n) is 4.78. The molecule has 1 unspecified atom stereocenters. The van der Waals surface area contributed by atoms with Gasteiger partial charge in [-0.1, -0.05) is 19.8 Å². The Bertz CT molecular complexity index is 246. The van der Waals surface area contributed by atoms with Gasteiger partial charge in [-0.25, -0.2) is 4.79 Å². The molecule has 0 aliphatic rings. The van der Waals surface area contributed by atoms with Gasteiger partial charge in [0.1, 0.15) is 5.92 Å². The average molecular weight is 216 g/mol. The van der Waals surface area contributed by atoms with Crippen LogP contribution < -0.4 is 0 Å². The van der Waals surface area contributed by atoms with Crippen LogP contribution in [0.4, 0.5) is 0 Å². The SMILES string of the molecule is CCCCC(C(=O)OC)C(=O)C(=O)OC. The molecule has 0 aromatic heterocycles. The van der Waals surface area contributed by atoms with Crippen molar-refractivity contribution in [1.82, 2.24) is 0 Å². The predicted molar refractivity (Wildman–Crippen MR) is 52.1 cm³/mol. The topological polar surface area (TPSA) is 69.7 Å². The molecule has 86 valence electrons. The van der Waals surface area contributed by atoms with E-state index in [-0.39, 0.29) is 0 Å². The Labute approximate surface area is 88.7 Å². The maximum absolute atomic E-state index is 11.4. The van der Waals surface area contributed by atoms with Crippen molar-refractivity contribution in [2.45, 2.75) is 26.2 Å². The highest BCUT2D eigenvalue weighted by Gasteiger charge is 2.32. The lowest BCUT2D eigenvalue weighted by Crippen LogP contribution is -2.31. The third kappa shape index (κ3) is 4.10. The van der Waals surface area contributed by atoms with Crippen LogP contribution in [0.3, 0.4) is 0 Å². The molecular formula is C10H16O5. The predicted octanol–water partition coefficient (Wildman–Crippen LogP) is 0.708. The molecule has 0 aliphatic carbocycles. The molecule has 5 heteroatoms. The smallest absolute Gasteiger partial charge is 0.375 e. The second-order valence-corrected chi connectivity index (χ2v) is 3.07. The standard InChI is InChI=1S/C10H16O5/c1-4-5-6-7(9(12)14-2)8(11)10(13)15-3/h7H,4-6H2,1-3H3. The van der Waals surface area contributed by atoms with Crippen LogP contribution >= 0.6 is 0 Å². The van der Waals surface area contributed by atoms with Gasteiger partial charge >= 0.3 is 11.9 Å². The van der Waals surface area contributed by atoms with Crippen LogP contribution in [0.1, 0.15) is 26.2 Å². The van der Waals surface area contributed by atoms with Gasteiger partial charge in [-0.05, 0) is 6.42 Å². The van der Waals surface area contributed by atoms with Crippen LogP contribution in [0.2, 0.25) is 0 Å². The van der Waals surface area contributed by atoms with Crippen molar-refractivity contribution in [3.8, 4) is 0 Å². The van der Waals surface area contributed by atoms with Crippen molar-refractivity contribution in [3.05, 3.63) is 0 Å². The maximum Gasteiger partial charge on any atom is 0.375 e. The third-order valence-corrected chi connectivity index (χ3v) is 2.04. The van der Waals surface area contributed by atoms with Gasteiger partial charge in [0, 0.05) is 0 Å². The number of hydrogen-bond acceptors (Lipinski definition) is 5. The van der Waals surface area contributed by atoms with E-state index >= 15 is 0 Å². The number of ether oxygens (including phenoxy) is 2. The van der Waals surface area contributed by atoms with Gasteiger partial charge in [-0.2, -0.15) is 0 Å². The molecule has 0 aromatic rings. The van der Waals surface area contributed by atoms with E-state index in [1.165, 1.54) is 7.11 Å². The van der Waals surface area contributed by atoms with Crippen LogP contribution in [0.25, 0.3) is 0 Å². The van der Waals surface area contributed by atoms with E-state index in [0.29, 0.717) is 12.8 Å². The number of methoxy groups -OCH3 is 2. The molecule has 0 aromatic carbocycles. The number of hydrogen-bond donors (Lipinski definition) is 0. The fourth-order valence-corrected chi connectivity index (χ4v) is 1.15. The average Bonchev–Trinajstić information content (AvgIpc) is 2.27. The Morgan fingerprint density at radius 2 is 1.73 bits per heavy atom. The summed E-state index contributed by atoms with van der Waals surface area (Å²) in [6, 6.07) is 0. The summed E-state index contributed by atoms with van der Waals surface area (Å²) in [7, 11) is 2.29. The van der Waals surface area contributed by atoms with Gasteiger partial charge in [-0.15, -0.1) is 0 Å². The molecule has 0 saturated heterocycles. The lowest BCUT2D eigenvalue weighted by molar-refractivity contribution is -0.160. The highest BCUT2D eigenvalue weighted by Crippen LogP contribution is 2.12. The summed E-state index contributed by atoms with van der Waals surface area (Å²) in [5, 5.41) is 0. The Morgan fingerprint density at radius 3 is 2.13 bits per heavy atom. The van der Waals surface area contributed by atoms with E-state index in [1.807, 2.05) is 6.92 Å². The Hall–Kier alpha value is -1.39. The van der Waals surface area contributed by atoms with E-state index in [0.717, 1.165) is 13.5 Å². The molecule has 0 N–H and O–H groups in total. The summed E-state index contributed by atoms with van der Waals surface area (Å²) in [5.74, 6) is -3.54. The summed E-state index contributed by atoms with van der Waals surface area (Å²) in [6.45, 7) is 1.93. The molecule has 0 amide bonds. The van der Waals surface area contributed by atoms with Crippen LogP contribution in [-0.2, 0) is 23.9 Å². The number of esters is 2.